The summed E-state index contributed by atoms with van der Waals surface area (Å²) in [7, 11) is -3.42. The van der Waals surface area contributed by atoms with Gasteiger partial charge in [0, 0.05) is 24.3 Å². The van der Waals surface area contributed by atoms with E-state index in [1.165, 1.54) is 0 Å². The molecule has 8 heteroatoms. The molecule has 1 amide bonds. The van der Waals surface area contributed by atoms with E-state index in [-0.39, 0.29) is 18.2 Å². The molecule has 28 heavy (non-hydrogen) atoms. The van der Waals surface area contributed by atoms with Crippen LogP contribution >= 0.6 is 11.6 Å². The standard InChI is InChI=1S/C20H20ClN3O3S/c1-14-19(24-10-5-4-8-18(24)22-14)20(25)23-11-9-17(28(26,27)13-12-23)15-6-2-3-7-16(15)21/h2-8,10,17H,9,11-13H2,1H3. The van der Waals surface area contributed by atoms with Gasteiger partial charge in [0.05, 0.1) is 16.7 Å². The number of hydrogen-bond donors (Lipinski definition) is 0. The monoisotopic (exact) mass is 417 g/mol. The predicted molar refractivity (Wildman–Crippen MR) is 108 cm³/mol. The Morgan fingerprint density at radius 2 is 1.89 bits per heavy atom. The highest BCUT2D eigenvalue weighted by atomic mass is 35.5. The van der Waals surface area contributed by atoms with Gasteiger partial charge in [-0.1, -0.05) is 35.9 Å². The van der Waals surface area contributed by atoms with Gasteiger partial charge >= 0.3 is 0 Å². The predicted octanol–water partition coefficient (Wildman–Crippen LogP) is 3.30. The van der Waals surface area contributed by atoms with E-state index < -0.39 is 15.1 Å². The number of carbonyl (C=O) groups excluding carboxylic acids is 1. The molecule has 1 aliphatic heterocycles. The van der Waals surface area contributed by atoms with Crippen LogP contribution in [0.1, 0.15) is 33.4 Å². The zero-order valence-electron chi connectivity index (χ0n) is 15.4. The zero-order chi connectivity index (χ0) is 19.9. The molecule has 6 nitrogen and oxygen atoms in total. The summed E-state index contributed by atoms with van der Waals surface area (Å²) < 4.78 is 27.5. The first-order chi connectivity index (χ1) is 13.4. The molecule has 1 aliphatic rings. The fraction of sp³-hybridized carbons (Fsp3) is 0.300. The molecule has 1 aromatic carbocycles. The van der Waals surface area contributed by atoms with Gasteiger partial charge in [0.15, 0.2) is 9.84 Å². The molecule has 0 spiro atoms. The second-order valence-corrected chi connectivity index (χ2v) is 9.64. The first-order valence-electron chi connectivity index (χ1n) is 9.07. The van der Waals surface area contributed by atoms with Crippen LogP contribution in [0.25, 0.3) is 5.65 Å². The van der Waals surface area contributed by atoms with Gasteiger partial charge in [0.1, 0.15) is 11.3 Å². The number of aryl methyl sites for hydroxylation is 1. The molecule has 1 atom stereocenters. The minimum atomic E-state index is -3.42. The highest BCUT2D eigenvalue weighted by molar-refractivity contribution is 7.91. The molecule has 0 bridgehead atoms. The summed E-state index contributed by atoms with van der Waals surface area (Å²) in [5.74, 6) is -0.295. The summed E-state index contributed by atoms with van der Waals surface area (Å²) in [4.78, 5) is 19.3. The van der Waals surface area contributed by atoms with Crippen molar-refractivity contribution in [2.75, 3.05) is 18.8 Å². The SMILES string of the molecule is Cc1nc2ccccn2c1C(=O)N1CCC(c2ccccc2Cl)S(=O)(=O)CC1. The Kier molecular flexibility index (Phi) is 4.89. The Morgan fingerprint density at radius 1 is 1.14 bits per heavy atom. The van der Waals surface area contributed by atoms with Crippen LogP contribution in [-0.4, -0.2) is 47.5 Å². The summed E-state index contributed by atoms with van der Waals surface area (Å²) >= 11 is 6.25. The van der Waals surface area contributed by atoms with Crippen LogP contribution < -0.4 is 0 Å². The lowest BCUT2D eigenvalue weighted by Gasteiger charge is -2.20. The van der Waals surface area contributed by atoms with Gasteiger partial charge in [-0.05, 0) is 37.1 Å². The van der Waals surface area contributed by atoms with Crippen molar-refractivity contribution in [3.63, 3.8) is 0 Å². The van der Waals surface area contributed by atoms with Crippen LogP contribution in [0.4, 0.5) is 0 Å². The quantitative estimate of drug-likeness (QED) is 0.641. The number of pyridine rings is 1. The largest absolute Gasteiger partial charge is 0.336 e. The van der Waals surface area contributed by atoms with Crippen molar-refractivity contribution in [2.45, 2.75) is 18.6 Å². The number of sulfone groups is 1. The Morgan fingerprint density at radius 3 is 2.68 bits per heavy atom. The molecule has 0 aliphatic carbocycles. The van der Waals surface area contributed by atoms with Gasteiger partial charge in [-0.2, -0.15) is 0 Å². The van der Waals surface area contributed by atoms with Crippen molar-refractivity contribution < 1.29 is 13.2 Å². The normalized spacial score (nSPS) is 19.5. The number of imidazole rings is 1. The number of aromatic nitrogens is 2. The summed E-state index contributed by atoms with van der Waals surface area (Å²) in [6, 6.07) is 12.5. The average Bonchev–Trinajstić information content (AvgIpc) is 2.91. The number of fused-ring (bicyclic) bond motifs is 1. The third kappa shape index (κ3) is 3.29. The van der Waals surface area contributed by atoms with Gasteiger partial charge in [-0.25, -0.2) is 13.4 Å². The molecular formula is C20H20ClN3O3S. The van der Waals surface area contributed by atoms with Crippen molar-refractivity contribution >= 4 is 33.0 Å². The van der Waals surface area contributed by atoms with Crippen molar-refractivity contribution in [1.82, 2.24) is 14.3 Å². The van der Waals surface area contributed by atoms with Crippen LogP contribution in [-0.2, 0) is 9.84 Å². The molecule has 3 aromatic rings. The van der Waals surface area contributed by atoms with Crippen LogP contribution in [0.2, 0.25) is 5.02 Å². The maximum absolute atomic E-state index is 13.2. The third-order valence-electron chi connectivity index (χ3n) is 5.19. The van der Waals surface area contributed by atoms with E-state index in [0.717, 1.165) is 0 Å². The van der Waals surface area contributed by atoms with Crippen LogP contribution in [0.5, 0.6) is 0 Å². The van der Waals surface area contributed by atoms with E-state index in [1.807, 2.05) is 18.2 Å². The molecule has 0 radical (unpaired) electrons. The summed E-state index contributed by atoms with van der Waals surface area (Å²) in [5.41, 5.74) is 2.40. The molecule has 1 unspecified atom stereocenters. The van der Waals surface area contributed by atoms with Crippen LogP contribution in [0.3, 0.4) is 0 Å². The summed E-state index contributed by atoms with van der Waals surface area (Å²) in [6.07, 6.45) is 2.11. The van der Waals surface area contributed by atoms with Crippen LogP contribution in [0.15, 0.2) is 48.7 Å². The molecule has 1 saturated heterocycles. The first kappa shape index (κ1) is 19.0. The molecule has 1 fully saturated rings. The average molecular weight is 418 g/mol. The van der Waals surface area contributed by atoms with Gasteiger partial charge < -0.3 is 4.90 Å². The second kappa shape index (κ2) is 7.22. The van der Waals surface area contributed by atoms with Gasteiger partial charge in [0.25, 0.3) is 5.91 Å². The highest BCUT2D eigenvalue weighted by Crippen LogP contribution is 2.34. The maximum atomic E-state index is 13.2. The highest BCUT2D eigenvalue weighted by Gasteiger charge is 2.34. The van der Waals surface area contributed by atoms with E-state index in [4.69, 9.17) is 11.6 Å². The fourth-order valence-electron chi connectivity index (χ4n) is 3.75. The van der Waals surface area contributed by atoms with Gasteiger partial charge in [-0.15, -0.1) is 0 Å². The van der Waals surface area contributed by atoms with E-state index in [1.54, 1.807) is 46.7 Å². The van der Waals surface area contributed by atoms with Crippen LogP contribution in [0, 0.1) is 6.92 Å². The number of rotatable bonds is 2. The molecule has 4 rings (SSSR count). The van der Waals surface area contributed by atoms with Crippen molar-refractivity contribution in [3.05, 3.63) is 70.6 Å². The lowest BCUT2D eigenvalue weighted by Crippen LogP contribution is -2.34. The lowest BCUT2D eigenvalue weighted by molar-refractivity contribution is 0.0759. The van der Waals surface area contributed by atoms with Gasteiger partial charge in [-0.3, -0.25) is 9.20 Å². The Bertz CT molecular complexity index is 1160. The first-order valence-corrected chi connectivity index (χ1v) is 11.2. The molecule has 0 N–H and O–H groups in total. The minimum absolute atomic E-state index is 0.0928. The van der Waals surface area contributed by atoms with Crippen molar-refractivity contribution in [1.29, 1.82) is 0 Å². The number of benzene rings is 1. The van der Waals surface area contributed by atoms with E-state index in [2.05, 4.69) is 4.98 Å². The Hall–Kier alpha value is -2.38. The number of hydrogen-bond acceptors (Lipinski definition) is 4. The van der Waals surface area contributed by atoms with Gasteiger partial charge in [0.2, 0.25) is 0 Å². The number of nitrogens with zero attached hydrogens (tertiary/aromatic N) is 3. The molecule has 3 heterocycles. The van der Waals surface area contributed by atoms with Crippen molar-refractivity contribution in [2.24, 2.45) is 0 Å². The number of halogens is 1. The van der Waals surface area contributed by atoms with Crippen molar-refractivity contribution in [3.8, 4) is 0 Å². The zero-order valence-corrected chi connectivity index (χ0v) is 16.9. The molecule has 0 saturated carbocycles. The molecule has 2 aromatic heterocycles. The lowest BCUT2D eigenvalue weighted by atomic mass is 10.1. The molecule has 146 valence electrons. The molecular weight excluding hydrogens is 398 g/mol. The van der Waals surface area contributed by atoms with E-state index in [9.17, 15) is 13.2 Å². The number of carbonyl (C=O) groups is 1. The summed E-state index contributed by atoms with van der Waals surface area (Å²) in [5, 5.41) is -0.268. The second-order valence-electron chi connectivity index (χ2n) is 6.93. The fourth-order valence-corrected chi connectivity index (χ4v) is 5.90. The minimum Gasteiger partial charge on any atom is -0.336 e. The smallest absolute Gasteiger partial charge is 0.272 e. The topological polar surface area (TPSA) is 71.8 Å². The number of amides is 1. The van der Waals surface area contributed by atoms with E-state index in [0.29, 0.717) is 40.6 Å². The maximum Gasteiger partial charge on any atom is 0.272 e. The Balaban J connectivity index is 1.66. The Labute approximate surface area is 168 Å². The van der Waals surface area contributed by atoms with E-state index >= 15 is 0 Å². The third-order valence-corrected chi connectivity index (χ3v) is 7.64. The summed E-state index contributed by atoms with van der Waals surface area (Å²) in [6.45, 7) is 2.29.